The van der Waals surface area contributed by atoms with E-state index in [0.29, 0.717) is 6.42 Å². The lowest BCUT2D eigenvalue weighted by molar-refractivity contribution is -0.130. The normalized spacial score (nSPS) is 16.0. The molecule has 128 valence electrons. The zero-order chi connectivity index (χ0) is 16.8. The molecular formula is C18H23N3O2S. The molecule has 0 spiro atoms. The molecule has 0 bridgehead atoms. The van der Waals surface area contributed by atoms with Crippen LogP contribution in [0.25, 0.3) is 0 Å². The van der Waals surface area contributed by atoms with Crippen LogP contribution < -0.4 is 4.74 Å². The molecule has 2 aromatic heterocycles. The summed E-state index contributed by atoms with van der Waals surface area (Å²) in [6, 6.07) is 7.86. The number of hydrogen-bond acceptors (Lipinski definition) is 5. The lowest BCUT2D eigenvalue weighted by atomic mass is 10.3. The van der Waals surface area contributed by atoms with Crippen LogP contribution in [0.5, 0.6) is 5.75 Å². The first-order valence-electron chi connectivity index (χ1n) is 8.26. The van der Waals surface area contributed by atoms with Crippen molar-refractivity contribution < 1.29 is 9.53 Å². The topological polar surface area (TPSA) is 45.7 Å². The lowest BCUT2D eigenvalue weighted by Crippen LogP contribution is -2.35. The van der Waals surface area contributed by atoms with Gasteiger partial charge in [-0.25, -0.2) is 0 Å². The van der Waals surface area contributed by atoms with Gasteiger partial charge in [0.2, 0.25) is 5.91 Å². The molecule has 5 nitrogen and oxygen atoms in total. The summed E-state index contributed by atoms with van der Waals surface area (Å²) in [6.07, 6.45) is 3.30. The Hall–Kier alpha value is -1.92. The second kappa shape index (κ2) is 8.26. The number of aromatic nitrogens is 1. The summed E-state index contributed by atoms with van der Waals surface area (Å²) >= 11 is 1.65. The Morgan fingerprint density at radius 3 is 3.00 bits per heavy atom. The van der Waals surface area contributed by atoms with Crippen LogP contribution in [0.15, 0.2) is 35.8 Å². The largest absolute Gasteiger partial charge is 0.497 e. The van der Waals surface area contributed by atoms with Crippen LogP contribution in [0, 0.1) is 0 Å². The molecule has 0 N–H and O–H groups in total. The molecule has 6 heteroatoms. The first-order chi connectivity index (χ1) is 11.7. The van der Waals surface area contributed by atoms with E-state index in [9.17, 15) is 4.79 Å². The van der Waals surface area contributed by atoms with Gasteiger partial charge in [-0.3, -0.25) is 14.7 Å². The molecule has 3 rings (SSSR count). The van der Waals surface area contributed by atoms with Gasteiger partial charge in [0.25, 0.3) is 0 Å². The van der Waals surface area contributed by atoms with Gasteiger partial charge in [-0.05, 0) is 23.9 Å². The van der Waals surface area contributed by atoms with Crippen molar-refractivity contribution in [1.82, 2.24) is 14.8 Å². The highest BCUT2D eigenvalue weighted by atomic mass is 32.1. The molecule has 0 aliphatic carbocycles. The highest BCUT2D eigenvalue weighted by Gasteiger charge is 2.20. The number of carbonyl (C=O) groups excluding carboxylic acids is 1. The second-order valence-electron chi connectivity index (χ2n) is 5.95. The van der Waals surface area contributed by atoms with Gasteiger partial charge in [0.15, 0.2) is 0 Å². The third-order valence-electron chi connectivity index (χ3n) is 4.26. The number of nitrogens with zero attached hydrogens (tertiary/aromatic N) is 3. The summed E-state index contributed by atoms with van der Waals surface area (Å²) in [4.78, 5) is 22.4. The van der Waals surface area contributed by atoms with Crippen LogP contribution in [0.2, 0.25) is 0 Å². The Morgan fingerprint density at radius 1 is 1.29 bits per heavy atom. The Balaban J connectivity index is 1.53. The highest BCUT2D eigenvalue weighted by molar-refractivity contribution is 7.10. The zero-order valence-electron chi connectivity index (χ0n) is 14.0. The number of methoxy groups -OCH3 is 1. The molecule has 1 amide bonds. The van der Waals surface area contributed by atoms with E-state index in [0.717, 1.165) is 55.5 Å². The SMILES string of the molecule is COc1ccnc(CN2CCCN(C(=O)Cc3cccs3)CC2)c1. The third-order valence-corrected chi connectivity index (χ3v) is 5.13. The molecule has 3 heterocycles. The Bertz CT molecular complexity index is 660. The molecule has 24 heavy (non-hydrogen) atoms. The summed E-state index contributed by atoms with van der Waals surface area (Å²) in [7, 11) is 1.67. The maximum atomic E-state index is 12.5. The van der Waals surface area contributed by atoms with Gasteiger partial charge in [0.1, 0.15) is 5.75 Å². The average molecular weight is 345 g/mol. The van der Waals surface area contributed by atoms with Crippen LogP contribution in [0.4, 0.5) is 0 Å². The van der Waals surface area contributed by atoms with Crippen molar-refractivity contribution in [3.05, 3.63) is 46.4 Å². The Morgan fingerprint density at radius 2 is 2.21 bits per heavy atom. The van der Waals surface area contributed by atoms with Gasteiger partial charge >= 0.3 is 0 Å². The molecule has 1 saturated heterocycles. The van der Waals surface area contributed by atoms with Crippen molar-refractivity contribution in [2.75, 3.05) is 33.3 Å². The Labute approximate surface area is 146 Å². The maximum absolute atomic E-state index is 12.5. The van der Waals surface area contributed by atoms with Crippen LogP contribution in [0.3, 0.4) is 0 Å². The number of pyridine rings is 1. The van der Waals surface area contributed by atoms with E-state index in [1.807, 2.05) is 34.5 Å². The van der Waals surface area contributed by atoms with Crippen LogP contribution >= 0.6 is 11.3 Å². The first kappa shape index (κ1) is 16.9. The van der Waals surface area contributed by atoms with Crippen LogP contribution in [-0.2, 0) is 17.8 Å². The lowest BCUT2D eigenvalue weighted by Gasteiger charge is -2.21. The van der Waals surface area contributed by atoms with Crippen molar-refractivity contribution in [2.24, 2.45) is 0 Å². The zero-order valence-corrected chi connectivity index (χ0v) is 14.8. The van der Waals surface area contributed by atoms with E-state index >= 15 is 0 Å². The third kappa shape index (κ3) is 4.55. The molecule has 0 unspecified atom stereocenters. The van der Waals surface area contributed by atoms with E-state index < -0.39 is 0 Å². The highest BCUT2D eigenvalue weighted by Crippen LogP contribution is 2.15. The minimum atomic E-state index is 0.235. The molecule has 0 aromatic carbocycles. The van der Waals surface area contributed by atoms with Crippen molar-refractivity contribution in [3.63, 3.8) is 0 Å². The fourth-order valence-electron chi connectivity index (χ4n) is 2.95. The van der Waals surface area contributed by atoms with Crippen LogP contribution in [-0.4, -0.2) is 54.0 Å². The fourth-order valence-corrected chi connectivity index (χ4v) is 3.65. The first-order valence-corrected chi connectivity index (χ1v) is 9.14. The summed E-state index contributed by atoms with van der Waals surface area (Å²) in [5, 5.41) is 2.02. The average Bonchev–Trinajstić information content (AvgIpc) is 2.99. The van der Waals surface area contributed by atoms with Crippen molar-refractivity contribution in [2.45, 2.75) is 19.4 Å². The van der Waals surface area contributed by atoms with E-state index in [2.05, 4.69) is 9.88 Å². The molecule has 0 radical (unpaired) electrons. The molecular weight excluding hydrogens is 322 g/mol. The van der Waals surface area contributed by atoms with Gasteiger partial charge < -0.3 is 9.64 Å². The number of carbonyl (C=O) groups is 1. The number of ether oxygens (including phenoxy) is 1. The molecule has 1 aliphatic heterocycles. The molecule has 2 aromatic rings. The fraction of sp³-hybridized carbons (Fsp3) is 0.444. The minimum Gasteiger partial charge on any atom is -0.497 e. The van der Waals surface area contributed by atoms with E-state index in [1.165, 1.54) is 0 Å². The number of amides is 1. The summed E-state index contributed by atoms with van der Waals surface area (Å²) in [6.45, 7) is 4.29. The van der Waals surface area contributed by atoms with Gasteiger partial charge in [0.05, 0.1) is 19.2 Å². The van der Waals surface area contributed by atoms with E-state index in [1.54, 1.807) is 24.6 Å². The monoisotopic (exact) mass is 345 g/mol. The molecule has 0 atom stereocenters. The van der Waals surface area contributed by atoms with Crippen LogP contribution in [0.1, 0.15) is 17.0 Å². The van der Waals surface area contributed by atoms with Gasteiger partial charge in [-0.1, -0.05) is 6.07 Å². The maximum Gasteiger partial charge on any atom is 0.227 e. The van der Waals surface area contributed by atoms with Crippen molar-refractivity contribution in [3.8, 4) is 5.75 Å². The molecule has 0 saturated carbocycles. The minimum absolute atomic E-state index is 0.235. The number of rotatable bonds is 5. The number of thiophene rings is 1. The summed E-state index contributed by atoms with van der Waals surface area (Å²) in [5.74, 6) is 1.07. The molecule has 1 fully saturated rings. The Kier molecular flexibility index (Phi) is 5.82. The molecule has 1 aliphatic rings. The van der Waals surface area contributed by atoms with E-state index in [4.69, 9.17) is 4.74 Å². The predicted molar refractivity (Wildman–Crippen MR) is 95.3 cm³/mol. The predicted octanol–water partition coefficient (Wildman–Crippen LogP) is 2.43. The standard InChI is InChI=1S/C18H23N3O2S/c1-23-16-5-6-19-15(12-16)14-20-7-3-8-21(10-9-20)18(22)13-17-4-2-11-24-17/h2,4-6,11-12H,3,7-10,13-14H2,1H3. The smallest absolute Gasteiger partial charge is 0.227 e. The van der Waals surface area contributed by atoms with Crippen molar-refractivity contribution in [1.29, 1.82) is 0 Å². The van der Waals surface area contributed by atoms with Gasteiger partial charge in [-0.2, -0.15) is 0 Å². The number of hydrogen-bond donors (Lipinski definition) is 0. The van der Waals surface area contributed by atoms with E-state index in [-0.39, 0.29) is 5.91 Å². The summed E-state index contributed by atoms with van der Waals surface area (Å²) in [5.41, 5.74) is 1.01. The van der Waals surface area contributed by atoms with Gasteiger partial charge in [-0.15, -0.1) is 11.3 Å². The quantitative estimate of drug-likeness (QED) is 0.835. The summed E-state index contributed by atoms with van der Waals surface area (Å²) < 4.78 is 5.26. The van der Waals surface area contributed by atoms with Gasteiger partial charge in [0, 0.05) is 49.9 Å². The second-order valence-corrected chi connectivity index (χ2v) is 6.99. The van der Waals surface area contributed by atoms with Crippen molar-refractivity contribution >= 4 is 17.2 Å².